The van der Waals surface area contributed by atoms with Crippen molar-refractivity contribution < 1.29 is 4.18 Å². The van der Waals surface area contributed by atoms with Crippen molar-refractivity contribution in [2.24, 2.45) is 16.8 Å². The standard InChI is InChI=1S/C18H33N3OS/c1-4-5-6-10-20-11-16(14-22-23-3)12-21-13-17-8-7-9-18(17,15-21)19-2/h5-6,10,16-17,19H,4,7-9,11-15H2,1-3H3/b6-5-,20-10-/t16?,17-,18-/m0/s1. The number of likely N-dealkylation sites (N-methyl/N-ethyl adjacent to an activating group) is 1. The molecule has 1 aliphatic heterocycles. The normalized spacial score (nSPS) is 29.8. The fraction of sp³-hybridized carbons (Fsp3) is 0.833. The van der Waals surface area contributed by atoms with Gasteiger partial charge in [-0.3, -0.25) is 4.99 Å². The molecule has 1 saturated carbocycles. The predicted octanol–water partition coefficient (Wildman–Crippen LogP) is 3.01. The van der Waals surface area contributed by atoms with E-state index in [1.165, 1.54) is 44.4 Å². The lowest BCUT2D eigenvalue weighted by Gasteiger charge is -2.29. The van der Waals surface area contributed by atoms with E-state index in [0.29, 0.717) is 11.5 Å². The van der Waals surface area contributed by atoms with Gasteiger partial charge in [0.25, 0.3) is 0 Å². The molecule has 3 atom stereocenters. The SMILES string of the molecule is CC/C=C\C=N/CC(COSC)CN1C[C@@H]2CCC[C@]2(NC)C1. The van der Waals surface area contributed by atoms with Gasteiger partial charge in [0.05, 0.1) is 6.61 Å². The predicted molar refractivity (Wildman–Crippen MR) is 101 cm³/mol. The van der Waals surface area contributed by atoms with Crippen molar-refractivity contribution in [1.29, 1.82) is 0 Å². The molecule has 0 spiro atoms. The molecule has 1 N–H and O–H groups in total. The summed E-state index contributed by atoms with van der Waals surface area (Å²) in [4.78, 5) is 7.20. The number of fused-ring (bicyclic) bond motifs is 1. The molecule has 2 fully saturated rings. The van der Waals surface area contributed by atoms with E-state index in [9.17, 15) is 0 Å². The van der Waals surface area contributed by atoms with Gasteiger partial charge in [-0.2, -0.15) is 0 Å². The second kappa shape index (κ2) is 9.82. The van der Waals surface area contributed by atoms with Crippen LogP contribution in [0.4, 0.5) is 0 Å². The summed E-state index contributed by atoms with van der Waals surface area (Å²) < 4.78 is 5.61. The first-order chi connectivity index (χ1) is 11.2. The summed E-state index contributed by atoms with van der Waals surface area (Å²) in [5.74, 6) is 1.30. The fourth-order valence-electron chi connectivity index (χ4n) is 4.10. The molecule has 4 nitrogen and oxygen atoms in total. The number of hydrogen-bond donors (Lipinski definition) is 1. The Morgan fingerprint density at radius 2 is 2.39 bits per heavy atom. The molecule has 0 amide bonds. The van der Waals surface area contributed by atoms with Gasteiger partial charge in [0, 0.05) is 50.1 Å². The van der Waals surface area contributed by atoms with E-state index >= 15 is 0 Å². The van der Waals surface area contributed by atoms with Gasteiger partial charge in [0.1, 0.15) is 0 Å². The first-order valence-corrected chi connectivity index (χ1v) is 10.1. The van der Waals surface area contributed by atoms with Gasteiger partial charge >= 0.3 is 0 Å². The summed E-state index contributed by atoms with van der Waals surface area (Å²) in [6.07, 6.45) is 13.3. The maximum Gasteiger partial charge on any atom is 0.0671 e. The average Bonchev–Trinajstić information content (AvgIpc) is 3.09. The van der Waals surface area contributed by atoms with Crippen LogP contribution < -0.4 is 5.32 Å². The van der Waals surface area contributed by atoms with E-state index in [1.54, 1.807) is 0 Å². The van der Waals surface area contributed by atoms with Crippen LogP contribution in [0.25, 0.3) is 0 Å². The Bertz CT molecular complexity index is 402. The maximum atomic E-state index is 5.61. The highest BCUT2D eigenvalue weighted by Gasteiger charge is 2.48. The van der Waals surface area contributed by atoms with Crippen LogP contribution in [-0.4, -0.2) is 62.7 Å². The average molecular weight is 340 g/mol. The molecule has 0 radical (unpaired) electrons. The smallest absolute Gasteiger partial charge is 0.0671 e. The third-order valence-electron chi connectivity index (χ3n) is 5.30. The van der Waals surface area contributed by atoms with Gasteiger partial charge < -0.3 is 14.4 Å². The van der Waals surface area contributed by atoms with Gasteiger partial charge in [-0.05, 0) is 50.3 Å². The topological polar surface area (TPSA) is 36.9 Å². The van der Waals surface area contributed by atoms with Crippen molar-refractivity contribution in [3.63, 3.8) is 0 Å². The van der Waals surface area contributed by atoms with Crippen LogP contribution >= 0.6 is 12.0 Å². The molecule has 0 aromatic heterocycles. The molecule has 2 aliphatic rings. The minimum absolute atomic E-state index is 0.373. The Hall–Kier alpha value is -0.360. The minimum Gasteiger partial charge on any atom is -0.315 e. The van der Waals surface area contributed by atoms with Crippen LogP contribution in [0.2, 0.25) is 0 Å². The van der Waals surface area contributed by atoms with Crippen LogP contribution in [0.1, 0.15) is 32.6 Å². The van der Waals surface area contributed by atoms with Gasteiger partial charge in [0.15, 0.2) is 0 Å². The van der Waals surface area contributed by atoms with Crippen molar-refractivity contribution in [1.82, 2.24) is 10.2 Å². The number of hydrogen-bond acceptors (Lipinski definition) is 5. The van der Waals surface area contributed by atoms with Crippen molar-refractivity contribution in [2.45, 2.75) is 38.1 Å². The molecule has 1 heterocycles. The number of allylic oxidation sites excluding steroid dienone is 2. The Morgan fingerprint density at radius 3 is 3.09 bits per heavy atom. The molecule has 2 rings (SSSR count). The van der Waals surface area contributed by atoms with E-state index < -0.39 is 0 Å². The Labute approximate surface area is 146 Å². The van der Waals surface area contributed by atoms with Crippen LogP contribution in [0.15, 0.2) is 17.1 Å². The zero-order chi connectivity index (χ0) is 16.5. The summed E-state index contributed by atoms with van der Waals surface area (Å²) in [5.41, 5.74) is 0.373. The summed E-state index contributed by atoms with van der Waals surface area (Å²) in [6, 6.07) is 0. The van der Waals surface area contributed by atoms with E-state index in [1.807, 2.05) is 18.5 Å². The first-order valence-electron chi connectivity index (χ1n) is 8.96. The minimum atomic E-state index is 0.373. The second-order valence-electron chi connectivity index (χ2n) is 6.86. The van der Waals surface area contributed by atoms with Crippen LogP contribution in [0.3, 0.4) is 0 Å². The summed E-state index contributed by atoms with van der Waals surface area (Å²) >= 11 is 1.46. The largest absolute Gasteiger partial charge is 0.315 e. The highest BCUT2D eigenvalue weighted by atomic mass is 32.2. The van der Waals surface area contributed by atoms with Crippen molar-refractivity contribution in [3.05, 3.63) is 12.2 Å². The van der Waals surface area contributed by atoms with Crippen molar-refractivity contribution in [2.75, 3.05) is 46.1 Å². The Balaban J connectivity index is 1.85. The number of aliphatic imine (C=N–C) groups is 1. The lowest BCUT2D eigenvalue weighted by atomic mass is 9.91. The summed E-state index contributed by atoms with van der Waals surface area (Å²) in [6.45, 7) is 7.28. The van der Waals surface area contributed by atoms with Crippen molar-refractivity contribution >= 4 is 18.3 Å². The highest BCUT2D eigenvalue weighted by Crippen LogP contribution is 2.41. The van der Waals surface area contributed by atoms with Crippen LogP contribution in [-0.2, 0) is 4.18 Å². The molecular weight excluding hydrogens is 306 g/mol. The van der Waals surface area contributed by atoms with E-state index in [0.717, 1.165) is 32.0 Å². The van der Waals surface area contributed by atoms with Crippen LogP contribution in [0.5, 0.6) is 0 Å². The maximum absolute atomic E-state index is 5.61. The quantitative estimate of drug-likeness (QED) is 0.490. The zero-order valence-electron chi connectivity index (χ0n) is 15.0. The molecule has 0 aromatic carbocycles. The van der Waals surface area contributed by atoms with Crippen LogP contribution in [0, 0.1) is 11.8 Å². The monoisotopic (exact) mass is 339 g/mol. The Morgan fingerprint density at radius 1 is 1.52 bits per heavy atom. The second-order valence-corrected chi connectivity index (χ2v) is 7.43. The third-order valence-corrected chi connectivity index (χ3v) is 5.68. The molecule has 1 unspecified atom stereocenters. The fourth-order valence-corrected chi connectivity index (χ4v) is 4.43. The van der Waals surface area contributed by atoms with Gasteiger partial charge in [-0.1, -0.05) is 19.4 Å². The van der Waals surface area contributed by atoms with E-state index in [2.05, 4.69) is 35.3 Å². The number of rotatable bonds is 10. The lowest BCUT2D eigenvalue weighted by Crippen LogP contribution is -2.47. The van der Waals surface area contributed by atoms with E-state index in [4.69, 9.17) is 4.18 Å². The summed E-state index contributed by atoms with van der Waals surface area (Å²) in [5, 5.41) is 3.64. The molecule has 0 aromatic rings. The van der Waals surface area contributed by atoms with Gasteiger partial charge in [0.2, 0.25) is 0 Å². The van der Waals surface area contributed by atoms with Gasteiger partial charge in [-0.25, -0.2) is 0 Å². The number of nitrogens with zero attached hydrogens (tertiary/aromatic N) is 2. The number of nitrogens with one attached hydrogen (secondary N) is 1. The first kappa shape index (κ1) is 19.0. The Kier molecular flexibility index (Phi) is 8.10. The van der Waals surface area contributed by atoms with Crippen molar-refractivity contribution in [3.8, 4) is 0 Å². The third kappa shape index (κ3) is 5.31. The molecule has 5 heteroatoms. The molecule has 1 saturated heterocycles. The van der Waals surface area contributed by atoms with E-state index in [-0.39, 0.29) is 0 Å². The number of likely N-dealkylation sites (tertiary alicyclic amines) is 1. The highest BCUT2D eigenvalue weighted by molar-refractivity contribution is 7.93. The zero-order valence-corrected chi connectivity index (χ0v) is 15.8. The molecule has 0 bridgehead atoms. The lowest BCUT2D eigenvalue weighted by molar-refractivity contribution is 0.204. The molecule has 132 valence electrons. The van der Waals surface area contributed by atoms with Gasteiger partial charge in [-0.15, -0.1) is 0 Å². The summed E-state index contributed by atoms with van der Waals surface area (Å²) in [7, 11) is 2.14. The molecule has 23 heavy (non-hydrogen) atoms. The molecular formula is C18H33N3OS. The molecule has 1 aliphatic carbocycles.